The predicted molar refractivity (Wildman–Crippen MR) is 58.3 cm³/mol. The number of carbonyl (C=O) groups is 1. The van der Waals surface area contributed by atoms with Crippen LogP contribution in [0.4, 0.5) is 13.2 Å². The van der Waals surface area contributed by atoms with E-state index < -0.39 is 30.2 Å². The topological polar surface area (TPSA) is 92.8 Å². The highest BCUT2D eigenvalue weighted by molar-refractivity contribution is 6.31. The molecule has 106 valence electrons. The van der Waals surface area contributed by atoms with Crippen molar-refractivity contribution < 1.29 is 32.9 Å². The molecule has 0 bridgehead atoms. The van der Waals surface area contributed by atoms with Gasteiger partial charge in [-0.05, 0) is 12.1 Å². The average molecular weight is 300 g/mol. The zero-order valence-corrected chi connectivity index (χ0v) is 9.94. The highest BCUT2D eigenvalue weighted by atomic mass is 35.5. The first kappa shape index (κ1) is 15.5. The number of hydrogen-bond donors (Lipinski definition) is 3. The van der Waals surface area contributed by atoms with E-state index in [1.165, 1.54) is 0 Å². The lowest BCUT2D eigenvalue weighted by atomic mass is 10.0. The Hall–Kier alpha value is -1.51. The van der Waals surface area contributed by atoms with Crippen molar-refractivity contribution in [3.05, 3.63) is 28.8 Å². The molecule has 1 amide bonds. The number of ether oxygens (including phenoxy) is 1. The van der Waals surface area contributed by atoms with Gasteiger partial charge in [0.25, 0.3) is 0 Å². The Bertz CT molecular complexity index is 480. The van der Waals surface area contributed by atoms with Crippen molar-refractivity contribution in [2.24, 2.45) is 5.73 Å². The van der Waals surface area contributed by atoms with Crippen LogP contribution in [0.2, 0.25) is 5.02 Å². The summed E-state index contributed by atoms with van der Waals surface area (Å²) in [6, 6.07) is 2.66. The number of amides is 1. The van der Waals surface area contributed by atoms with Crippen molar-refractivity contribution in [3.8, 4) is 5.75 Å². The summed E-state index contributed by atoms with van der Waals surface area (Å²) < 4.78 is 39.5. The highest BCUT2D eigenvalue weighted by Crippen LogP contribution is 2.31. The molecule has 0 spiro atoms. The van der Waals surface area contributed by atoms with Crippen LogP contribution in [0.25, 0.3) is 0 Å². The van der Waals surface area contributed by atoms with Crippen molar-refractivity contribution in [2.75, 3.05) is 0 Å². The van der Waals surface area contributed by atoms with Gasteiger partial charge in [-0.1, -0.05) is 17.7 Å². The molecule has 2 atom stereocenters. The first-order valence-corrected chi connectivity index (χ1v) is 5.20. The van der Waals surface area contributed by atoms with Crippen LogP contribution in [0.15, 0.2) is 18.2 Å². The molecule has 0 aliphatic carbocycles. The number of hydrogen-bond acceptors (Lipinski definition) is 4. The minimum Gasteiger partial charge on any atom is -0.406 e. The number of rotatable bonds is 4. The zero-order valence-electron chi connectivity index (χ0n) is 9.19. The van der Waals surface area contributed by atoms with Gasteiger partial charge in [0.15, 0.2) is 6.10 Å². The van der Waals surface area contributed by atoms with Gasteiger partial charge in [0, 0.05) is 5.56 Å². The number of carbonyl (C=O) groups excluding carboxylic acids is 1. The summed E-state index contributed by atoms with van der Waals surface area (Å²) in [4.78, 5) is 10.7. The van der Waals surface area contributed by atoms with Crippen molar-refractivity contribution in [3.63, 3.8) is 0 Å². The molecule has 0 saturated heterocycles. The van der Waals surface area contributed by atoms with Gasteiger partial charge in [-0.15, -0.1) is 13.2 Å². The van der Waals surface area contributed by atoms with Gasteiger partial charge < -0.3 is 20.7 Å². The van der Waals surface area contributed by atoms with Crippen LogP contribution in [0, 0.1) is 0 Å². The molecule has 9 heteroatoms. The summed E-state index contributed by atoms with van der Waals surface area (Å²) in [6.07, 6.45) is -8.55. The largest absolute Gasteiger partial charge is 0.573 e. The molecular formula is C10H9ClF3NO4. The Morgan fingerprint density at radius 3 is 2.37 bits per heavy atom. The van der Waals surface area contributed by atoms with Crippen molar-refractivity contribution in [1.29, 1.82) is 0 Å². The standard InChI is InChI=1S/C10H9ClF3NO4/c11-6-3-4(19-10(12,13)14)1-2-5(6)7(16)8(17)9(15)18/h1-3,7-8,16-17H,(H2,15,18). The maximum Gasteiger partial charge on any atom is 0.573 e. The van der Waals surface area contributed by atoms with Gasteiger partial charge in [0.1, 0.15) is 11.9 Å². The molecule has 4 N–H and O–H groups in total. The fourth-order valence-corrected chi connectivity index (χ4v) is 1.55. The minimum absolute atomic E-state index is 0.150. The van der Waals surface area contributed by atoms with E-state index in [1.807, 2.05) is 0 Å². The summed E-state index contributed by atoms with van der Waals surface area (Å²) in [6.45, 7) is 0. The third kappa shape index (κ3) is 4.27. The molecule has 1 aromatic carbocycles. The van der Waals surface area contributed by atoms with E-state index in [1.54, 1.807) is 0 Å². The highest BCUT2D eigenvalue weighted by Gasteiger charge is 2.32. The lowest BCUT2D eigenvalue weighted by Crippen LogP contribution is -2.34. The van der Waals surface area contributed by atoms with Gasteiger partial charge in [-0.2, -0.15) is 0 Å². The van der Waals surface area contributed by atoms with E-state index in [0.29, 0.717) is 0 Å². The molecule has 2 unspecified atom stereocenters. The number of primary amides is 1. The zero-order chi connectivity index (χ0) is 14.8. The quantitative estimate of drug-likeness (QED) is 0.776. The van der Waals surface area contributed by atoms with Crippen LogP contribution < -0.4 is 10.5 Å². The van der Waals surface area contributed by atoms with E-state index in [0.717, 1.165) is 18.2 Å². The fraction of sp³-hybridized carbons (Fsp3) is 0.300. The molecule has 19 heavy (non-hydrogen) atoms. The van der Waals surface area contributed by atoms with Crippen molar-refractivity contribution in [1.82, 2.24) is 0 Å². The van der Waals surface area contributed by atoms with Crippen LogP contribution in [-0.4, -0.2) is 28.6 Å². The molecule has 0 heterocycles. The number of aliphatic hydroxyl groups is 2. The summed E-state index contributed by atoms with van der Waals surface area (Å²) in [5.41, 5.74) is 4.62. The minimum atomic E-state index is -4.88. The predicted octanol–water partition coefficient (Wildman–Crippen LogP) is 1.12. The Morgan fingerprint density at radius 1 is 1.37 bits per heavy atom. The van der Waals surface area contributed by atoms with Gasteiger partial charge in [0.2, 0.25) is 5.91 Å². The molecule has 0 radical (unpaired) electrons. The Kier molecular flexibility index (Phi) is 4.61. The number of nitrogens with two attached hydrogens (primary N) is 1. The summed E-state index contributed by atoms with van der Waals surface area (Å²) in [7, 11) is 0. The lowest BCUT2D eigenvalue weighted by Gasteiger charge is -2.17. The van der Waals surface area contributed by atoms with Gasteiger partial charge >= 0.3 is 6.36 Å². The normalized spacial score (nSPS) is 14.8. The summed E-state index contributed by atoms with van der Waals surface area (Å²) >= 11 is 5.63. The third-order valence-corrected chi connectivity index (χ3v) is 2.44. The van der Waals surface area contributed by atoms with Crippen molar-refractivity contribution in [2.45, 2.75) is 18.6 Å². The summed E-state index contributed by atoms with van der Waals surface area (Å²) in [5.74, 6) is -1.79. The Morgan fingerprint density at radius 2 is 1.95 bits per heavy atom. The number of halogens is 4. The molecule has 1 rings (SSSR count). The Labute approximate surface area is 110 Å². The third-order valence-electron chi connectivity index (χ3n) is 2.11. The fourth-order valence-electron chi connectivity index (χ4n) is 1.27. The van der Waals surface area contributed by atoms with Crippen molar-refractivity contribution >= 4 is 17.5 Å². The molecule has 1 aromatic rings. The van der Waals surface area contributed by atoms with Crippen LogP contribution in [-0.2, 0) is 4.79 Å². The van der Waals surface area contributed by atoms with E-state index >= 15 is 0 Å². The molecule has 0 aliphatic heterocycles. The number of aliphatic hydroxyl groups excluding tert-OH is 2. The van der Waals surface area contributed by atoms with E-state index in [4.69, 9.17) is 17.3 Å². The molecule has 0 aromatic heterocycles. The second-order valence-corrected chi connectivity index (χ2v) is 3.93. The van der Waals surface area contributed by atoms with E-state index in [-0.39, 0.29) is 10.6 Å². The molecule has 5 nitrogen and oxygen atoms in total. The maximum atomic E-state index is 12.0. The molecule has 0 fully saturated rings. The Balaban J connectivity index is 2.97. The van der Waals surface area contributed by atoms with Crippen LogP contribution >= 0.6 is 11.6 Å². The smallest absolute Gasteiger partial charge is 0.406 e. The van der Waals surface area contributed by atoms with E-state index in [2.05, 4.69) is 4.74 Å². The molecule has 0 aliphatic rings. The summed E-state index contributed by atoms with van der Waals surface area (Å²) in [5, 5.41) is 18.5. The second kappa shape index (κ2) is 5.64. The first-order chi connectivity index (χ1) is 8.61. The van der Waals surface area contributed by atoms with E-state index in [9.17, 15) is 28.2 Å². The van der Waals surface area contributed by atoms with Gasteiger partial charge in [0.05, 0.1) is 5.02 Å². The van der Waals surface area contributed by atoms with Crippen LogP contribution in [0.1, 0.15) is 11.7 Å². The van der Waals surface area contributed by atoms with Crippen LogP contribution in [0.5, 0.6) is 5.75 Å². The lowest BCUT2D eigenvalue weighted by molar-refractivity contribution is -0.274. The maximum absolute atomic E-state index is 12.0. The van der Waals surface area contributed by atoms with Gasteiger partial charge in [-0.3, -0.25) is 4.79 Å². The number of benzene rings is 1. The molecular weight excluding hydrogens is 291 g/mol. The monoisotopic (exact) mass is 299 g/mol. The molecule has 0 saturated carbocycles. The average Bonchev–Trinajstić information content (AvgIpc) is 2.25. The SMILES string of the molecule is NC(=O)C(O)C(O)c1ccc(OC(F)(F)F)cc1Cl. The second-order valence-electron chi connectivity index (χ2n) is 3.52. The number of alkyl halides is 3. The van der Waals surface area contributed by atoms with Gasteiger partial charge in [-0.25, -0.2) is 0 Å². The first-order valence-electron chi connectivity index (χ1n) is 4.82. The van der Waals surface area contributed by atoms with Crippen LogP contribution in [0.3, 0.4) is 0 Å².